The molecule has 1 aromatic carbocycles. The lowest BCUT2D eigenvalue weighted by Gasteiger charge is -2.22. The van der Waals surface area contributed by atoms with Crippen LogP contribution in [0.1, 0.15) is 52.5 Å². The molecule has 0 aliphatic heterocycles. The van der Waals surface area contributed by atoms with Gasteiger partial charge in [0.2, 0.25) is 0 Å². The molecule has 0 bridgehead atoms. The van der Waals surface area contributed by atoms with E-state index in [9.17, 15) is 9.90 Å². The first-order chi connectivity index (χ1) is 8.34. The molecule has 0 saturated heterocycles. The van der Waals surface area contributed by atoms with Gasteiger partial charge < -0.3 is 9.84 Å². The van der Waals surface area contributed by atoms with Crippen molar-refractivity contribution in [2.45, 2.75) is 52.4 Å². The molecule has 0 unspecified atom stereocenters. The van der Waals surface area contributed by atoms with Gasteiger partial charge in [-0.2, -0.15) is 0 Å². The minimum atomic E-state index is -0.215. The van der Waals surface area contributed by atoms with Crippen molar-refractivity contribution in [2.24, 2.45) is 0 Å². The molecule has 0 saturated carbocycles. The molecular formula is C15H22O3. The van der Waals surface area contributed by atoms with Crippen LogP contribution in [0.3, 0.4) is 0 Å². The maximum Gasteiger partial charge on any atom is 0.311 e. The number of carbonyl (C=O) groups excluding carboxylic acids is 1. The Balaban J connectivity index is 2.92. The average molecular weight is 250 g/mol. The summed E-state index contributed by atoms with van der Waals surface area (Å²) >= 11 is 0. The lowest BCUT2D eigenvalue weighted by atomic mass is 9.86. The summed E-state index contributed by atoms with van der Waals surface area (Å²) in [5.74, 6) is 0.516. The van der Waals surface area contributed by atoms with Crippen LogP contribution in [-0.4, -0.2) is 11.1 Å². The van der Waals surface area contributed by atoms with Gasteiger partial charge in [0.15, 0.2) is 0 Å². The minimum absolute atomic E-state index is 0.181. The zero-order chi connectivity index (χ0) is 13.8. The summed E-state index contributed by atoms with van der Waals surface area (Å²) in [6.07, 6.45) is 2.24. The summed E-state index contributed by atoms with van der Waals surface area (Å²) in [6, 6.07) is 4.85. The van der Waals surface area contributed by atoms with E-state index in [0.717, 1.165) is 18.4 Å². The standard InChI is InChI=1S/C15H22O3/c1-5-6-7-14(17)18-13-9-8-11(16)10-12(13)15(2,3)4/h8-10,16H,5-7H2,1-4H3. The van der Waals surface area contributed by atoms with E-state index in [4.69, 9.17) is 4.74 Å². The van der Waals surface area contributed by atoms with Gasteiger partial charge in [-0.05, 0) is 30.0 Å². The van der Waals surface area contributed by atoms with Crippen LogP contribution in [0.15, 0.2) is 18.2 Å². The quantitative estimate of drug-likeness (QED) is 0.653. The predicted octanol–water partition coefficient (Wildman–Crippen LogP) is 3.79. The van der Waals surface area contributed by atoms with E-state index in [-0.39, 0.29) is 17.1 Å². The van der Waals surface area contributed by atoms with Gasteiger partial charge in [0, 0.05) is 12.0 Å². The van der Waals surface area contributed by atoms with Crippen LogP contribution in [-0.2, 0) is 10.2 Å². The summed E-state index contributed by atoms with van der Waals surface area (Å²) in [7, 11) is 0. The Bertz CT molecular complexity index is 416. The van der Waals surface area contributed by atoms with E-state index in [1.165, 1.54) is 6.07 Å². The van der Waals surface area contributed by atoms with E-state index >= 15 is 0 Å². The maximum atomic E-state index is 11.7. The monoisotopic (exact) mass is 250 g/mol. The fourth-order valence-corrected chi connectivity index (χ4v) is 1.69. The Morgan fingerprint density at radius 1 is 1.33 bits per heavy atom. The van der Waals surface area contributed by atoms with Crippen LogP contribution >= 0.6 is 0 Å². The highest BCUT2D eigenvalue weighted by Crippen LogP contribution is 2.34. The molecule has 0 aliphatic rings. The van der Waals surface area contributed by atoms with E-state index in [1.807, 2.05) is 27.7 Å². The summed E-state index contributed by atoms with van der Waals surface area (Å²) in [5.41, 5.74) is 0.659. The Kier molecular flexibility index (Phi) is 4.76. The molecule has 0 radical (unpaired) electrons. The first-order valence-electron chi connectivity index (χ1n) is 6.38. The smallest absolute Gasteiger partial charge is 0.311 e. The van der Waals surface area contributed by atoms with Gasteiger partial charge in [0.05, 0.1) is 0 Å². The zero-order valence-corrected chi connectivity index (χ0v) is 11.6. The van der Waals surface area contributed by atoms with Crippen molar-refractivity contribution in [3.05, 3.63) is 23.8 Å². The number of hydrogen-bond donors (Lipinski definition) is 1. The normalized spacial score (nSPS) is 11.3. The number of unbranched alkanes of at least 4 members (excludes halogenated alkanes) is 1. The van der Waals surface area contributed by atoms with Crippen LogP contribution < -0.4 is 4.74 Å². The molecule has 1 N–H and O–H groups in total. The molecule has 1 rings (SSSR count). The average Bonchev–Trinajstić information content (AvgIpc) is 2.27. The zero-order valence-electron chi connectivity index (χ0n) is 11.6. The number of phenols is 1. The van der Waals surface area contributed by atoms with E-state index in [1.54, 1.807) is 12.1 Å². The highest BCUT2D eigenvalue weighted by Gasteiger charge is 2.21. The van der Waals surface area contributed by atoms with Gasteiger partial charge in [0.25, 0.3) is 0 Å². The lowest BCUT2D eigenvalue weighted by Crippen LogP contribution is -2.16. The lowest BCUT2D eigenvalue weighted by molar-refractivity contribution is -0.134. The SMILES string of the molecule is CCCCC(=O)Oc1ccc(O)cc1C(C)(C)C. The van der Waals surface area contributed by atoms with Gasteiger partial charge >= 0.3 is 5.97 Å². The molecule has 18 heavy (non-hydrogen) atoms. The molecule has 3 heteroatoms. The summed E-state index contributed by atoms with van der Waals surface area (Å²) < 4.78 is 5.38. The third-order valence-electron chi connectivity index (χ3n) is 2.73. The van der Waals surface area contributed by atoms with Crippen LogP contribution in [0.2, 0.25) is 0 Å². The second-order valence-electron chi connectivity index (χ2n) is 5.51. The molecular weight excluding hydrogens is 228 g/mol. The third kappa shape index (κ3) is 4.06. The number of esters is 1. The largest absolute Gasteiger partial charge is 0.508 e. The van der Waals surface area contributed by atoms with Crippen molar-refractivity contribution in [1.82, 2.24) is 0 Å². The van der Waals surface area contributed by atoms with Crippen molar-refractivity contribution in [3.63, 3.8) is 0 Å². The molecule has 0 aromatic heterocycles. The topological polar surface area (TPSA) is 46.5 Å². The molecule has 0 aliphatic carbocycles. The van der Waals surface area contributed by atoms with Crippen molar-refractivity contribution in [2.75, 3.05) is 0 Å². The molecule has 1 aromatic rings. The van der Waals surface area contributed by atoms with Crippen LogP contribution in [0.4, 0.5) is 0 Å². The molecule has 0 amide bonds. The first-order valence-corrected chi connectivity index (χ1v) is 6.38. The first kappa shape index (κ1) is 14.6. The van der Waals surface area contributed by atoms with E-state index in [0.29, 0.717) is 12.2 Å². The van der Waals surface area contributed by atoms with Crippen LogP contribution in [0.5, 0.6) is 11.5 Å². The summed E-state index contributed by atoms with van der Waals surface area (Å²) in [4.78, 5) is 11.7. The van der Waals surface area contributed by atoms with Gasteiger partial charge in [0.1, 0.15) is 11.5 Å². The fraction of sp³-hybridized carbons (Fsp3) is 0.533. The molecule has 0 heterocycles. The Labute approximate surface area is 109 Å². The van der Waals surface area contributed by atoms with Crippen molar-refractivity contribution >= 4 is 5.97 Å². The fourth-order valence-electron chi connectivity index (χ4n) is 1.69. The minimum Gasteiger partial charge on any atom is -0.508 e. The Morgan fingerprint density at radius 2 is 2.00 bits per heavy atom. The summed E-state index contributed by atoms with van der Waals surface area (Å²) in [6.45, 7) is 8.09. The van der Waals surface area contributed by atoms with E-state index < -0.39 is 0 Å². The van der Waals surface area contributed by atoms with Crippen LogP contribution in [0.25, 0.3) is 0 Å². The van der Waals surface area contributed by atoms with Gasteiger partial charge in [-0.15, -0.1) is 0 Å². The van der Waals surface area contributed by atoms with Gasteiger partial charge in [-0.25, -0.2) is 0 Å². The van der Waals surface area contributed by atoms with Crippen molar-refractivity contribution in [3.8, 4) is 11.5 Å². The Hall–Kier alpha value is -1.51. The number of benzene rings is 1. The highest BCUT2D eigenvalue weighted by atomic mass is 16.5. The molecule has 0 fully saturated rings. The second-order valence-corrected chi connectivity index (χ2v) is 5.51. The predicted molar refractivity (Wildman–Crippen MR) is 72.0 cm³/mol. The maximum absolute atomic E-state index is 11.7. The number of hydrogen-bond acceptors (Lipinski definition) is 3. The number of phenolic OH excluding ortho intramolecular Hbond substituents is 1. The second kappa shape index (κ2) is 5.89. The van der Waals surface area contributed by atoms with Gasteiger partial charge in [-0.1, -0.05) is 34.1 Å². The highest BCUT2D eigenvalue weighted by molar-refractivity contribution is 5.73. The number of carbonyl (C=O) groups is 1. The number of aromatic hydroxyl groups is 1. The number of rotatable bonds is 4. The Morgan fingerprint density at radius 3 is 2.56 bits per heavy atom. The third-order valence-corrected chi connectivity index (χ3v) is 2.73. The number of ether oxygens (including phenoxy) is 1. The summed E-state index contributed by atoms with van der Waals surface area (Å²) in [5, 5.41) is 9.54. The van der Waals surface area contributed by atoms with Gasteiger partial charge in [-0.3, -0.25) is 4.79 Å². The molecule has 0 spiro atoms. The molecule has 100 valence electrons. The molecule has 3 nitrogen and oxygen atoms in total. The van der Waals surface area contributed by atoms with E-state index in [2.05, 4.69) is 0 Å². The van der Waals surface area contributed by atoms with Crippen molar-refractivity contribution in [1.29, 1.82) is 0 Å². The van der Waals surface area contributed by atoms with Crippen molar-refractivity contribution < 1.29 is 14.6 Å². The van der Waals surface area contributed by atoms with Crippen LogP contribution in [0, 0.1) is 0 Å². The molecule has 0 atom stereocenters.